The van der Waals surface area contributed by atoms with E-state index in [4.69, 9.17) is 4.74 Å². The zero-order chi connectivity index (χ0) is 19.5. The van der Waals surface area contributed by atoms with Gasteiger partial charge in [0.2, 0.25) is 5.91 Å². The van der Waals surface area contributed by atoms with E-state index in [1.165, 1.54) is 0 Å². The molecule has 6 nitrogen and oxygen atoms in total. The molecule has 1 amide bonds. The summed E-state index contributed by atoms with van der Waals surface area (Å²) >= 11 is 0. The van der Waals surface area contributed by atoms with Gasteiger partial charge >= 0.3 is 0 Å². The largest absolute Gasteiger partial charge is 0.456 e. The van der Waals surface area contributed by atoms with Crippen molar-refractivity contribution in [3.05, 3.63) is 77.9 Å². The van der Waals surface area contributed by atoms with Crippen LogP contribution in [0.15, 0.2) is 61.2 Å². The second kappa shape index (κ2) is 7.57. The van der Waals surface area contributed by atoms with Gasteiger partial charge in [0.05, 0.1) is 17.8 Å². The third-order valence-electron chi connectivity index (χ3n) is 5.01. The third kappa shape index (κ3) is 3.60. The molecule has 1 atom stereocenters. The molecule has 2 aromatic carbocycles. The maximum Gasteiger partial charge on any atom is 0.229 e. The van der Waals surface area contributed by atoms with Crippen molar-refractivity contribution in [2.45, 2.75) is 18.9 Å². The molecule has 0 N–H and O–H groups in total. The van der Waals surface area contributed by atoms with E-state index in [1.54, 1.807) is 23.5 Å². The molecule has 1 saturated heterocycles. The first kappa shape index (κ1) is 17.8. The molecule has 1 fully saturated rings. The minimum Gasteiger partial charge on any atom is -0.456 e. The Hall–Kier alpha value is -3.59. The second-order valence-corrected chi connectivity index (χ2v) is 6.95. The fraction of sp³-hybridized carbons (Fsp3) is 0.227. The average molecular weight is 372 g/mol. The number of ether oxygens (including phenoxy) is 1. The Morgan fingerprint density at radius 3 is 2.89 bits per heavy atom. The summed E-state index contributed by atoms with van der Waals surface area (Å²) < 4.78 is 8.00. The summed E-state index contributed by atoms with van der Waals surface area (Å²) in [6, 6.07) is 15.3. The Morgan fingerprint density at radius 1 is 1.29 bits per heavy atom. The first-order valence-corrected chi connectivity index (χ1v) is 9.15. The van der Waals surface area contributed by atoms with Gasteiger partial charge in [0.25, 0.3) is 0 Å². The summed E-state index contributed by atoms with van der Waals surface area (Å²) in [7, 11) is 1.83. The minimum absolute atomic E-state index is 0.128. The quantitative estimate of drug-likeness (QED) is 0.687. The van der Waals surface area contributed by atoms with Crippen LogP contribution in [-0.4, -0.2) is 34.0 Å². The maximum atomic E-state index is 12.3. The molecule has 0 radical (unpaired) electrons. The molecule has 28 heavy (non-hydrogen) atoms. The number of likely N-dealkylation sites (tertiary alicyclic amines) is 1. The summed E-state index contributed by atoms with van der Waals surface area (Å²) in [4.78, 5) is 18.1. The molecular formula is C22H20N4O2. The number of amides is 1. The van der Waals surface area contributed by atoms with E-state index in [9.17, 15) is 10.1 Å². The van der Waals surface area contributed by atoms with Crippen LogP contribution in [0.5, 0.6) is 11.5 Å². The molecule has 2 heterocycles. The summed E-state index contributed by atoms with van der Waals surface area (Å²) in [5.41, 5.74) is 2.42. The molecule has 1 unspecified atom stereocenters. The molecule has 0 spiro atoms. The van der Waals surface area contributed by atoms with Gasteiger partial charge in [0.15, 0.2) is 0 Å². The number of aromatic nitrogens is 2. The van der Waals surface area contributed by atoms with Crippen molar-refractivity contribution >= 4 is 5.91 Å². The summed E-state index contributed by atoms with van der Waals surface area (Å²) in [5.74, 6) is 1.14. The van der Waals surface area contributed by atoms with Crippen LogP contribution >= 0.6 is 0 Å². The molecule has 6 heteroatoms. The molecule has 0 aliphatic carbocycles. The van der Waals surface area contributed by atoms with E-state index in [1.807, 2.05) is 54.2 Å². The number of benzene rings is 2. The lowest BCUT2D eigenvalue weighted by Crippen LogP contribution is -2.21. The monoisotopic (exact) mass is 372 g/mol. The highest BCUT2D eigenvalue weighted by atomic mass is 16.5. The average Bonchev–Trinajstić information content (AvgIpc) is 3.33. The van der Waals surface area contributed by atoms with Crippen LogP contribution in [0.1, 0.15) is 29.0 Å². The predicted molar refractivity (Wildman–Crippen MR) is 104 cm³/mol. The first-order chi connectivity index (χ1) is 13.6. The molecule has 0 saturated carbocycles. The normalized spacial score (nSPS) is 16.2. The summed E-state index contributed by atoms with van der Waals surface area (Å²) in [5, 5.41) is 9.44. The van der Waals surface area contributed by atoms with Gasteiger partial charge in [-0.3, -0.25) is 4.79 Å². The van der Waals surface area contributed by atoms with E-state index in [-0.39, 0.29) is 11.8 Å². The molecule has 1 aliphatic rings. The SMILES string of the molecule is CN1CCC(c2cccc(Oc3cc(Cn4ccnc4)ccc3C#N)c2)C1=O. The van der Waals surface area contributed by atoms with Crippen molar-refractivity contribution in [2.24, 2.45) is 0 Å². The van der Waals surface area contributed by atoms with Crippen molar-refractivity contribution in [1.82, 2.24) is 14.5 Å². The van der Waals surface area contributed by atoms with Gasteiger partial charge in [0.1, 0.15) is 17.6 Å². The molecule has 4 rings (SSSR count). The number of carbonyl (C=O) groups is 1. The van der Waals surface area contributed by atoms with Gasteiger partial charge in [-0.2, -0.15) is 5.26 Å². The van der Waals surface area contributed by atoms with Gasteiger partial charge in [0, 0.05) is 32.5 Å². The van der Waals surface area contributed by atoms with Gasteiger partial charge < -0.3 is 14.2 Å². The Morgan fingerprint density at radius 2 is 2.18 bits per heavy atom. The highest BCUT2D eigenvalue weighted by Crippen LogP contribution is 2.32. The van der Waals surface area contributed by atoms with Crippen molar-refractivity contribution in [2.75, 3.05) is 13.6 Å². The first-order valence-electron chi connectivity index (χ1n) is 9.15. The van der Waals surface area contributed by atoms with Crippen LogP contribution < -0.4 is 4.74 Å². The van der Waals surface area contributed by atoms with Crippen molar-refractivity contribution in [3.8, 4) is 17.6 Å². The Bertz CT molecular complexity index is 1040. The molecule has 140 valence electrons. The second-order valence-electron chi connectivity index (χ2n) is 6.95. The molecular weight excluding hydrogens is 352 g/mol. The lowest BCUT2D eigenvalue weighted by molar-refractivity contribution is -0.127. The van der Waals surface area contributed by atoms with E-state index in [0.29, 0.717) is 23.6 Å². The smallest absolute Gasteiger partial charge is 0.229 e. The van der Waals surface area contributed by atoms with E-state index >= 15 is 0 Å². The molecule has 1 aromatic heterocycles. The molecule has 1 aliphatic heterocycles. The van der Waals surface area contributed by atoms with Gasteiger partial charge in [-0.1, -0.05) is 18.2 Å². The minimum atomic E-state index is -0.128. The molecule has 0 bridgehead atoms. The van der Waals surface area contributed by atoms with Crippen molar-refractivity contribution in [3.63, 3.8) is 0 Å². The topological polar surface area (TPSA) is 71.2 Å². The Balaban J connectivity index is 1.59. The van der Waals surface area contributed by atoms with Crippen molar-refractivity contribution < 1.29 is 9.53 Å². The van der Waals surface area contributed by atoms with Gasteiger partial charge in [-0.15, -0.1) is 0 Å². The highest BCUT2D eigenvalue weighted by Gasteiger charge is 2.30. The maximum absolute atomic E-state index is 12.3. The van der Waals surface area contributed by atoms with Crippen molar-refractivity contribution in [1.29, 1.82) is 5.26 Å². The number of likely N-dealkylation sites (N-methyl/N-ethyl adjacent to an activating group) is 1. The number of hydrogen-bond donors (Lipinski definition) is 0. The fourth-order valence-electron chi connectivity index (χ4n) is 3.49. The Kier molecular flexibility index (Phi) is 4.81. The van der Waals surface area contributed by atoms with Crippen LogP contribution in [0, 0.1) is 11.3 Å². The zero-order valence-corrected chi connectivity index (χ0v) is 15.6. The van der Waals surface area contributed by atoms with Gasteiger partial charge in [-0.05, 0) is 41.8 Å². The zero-order valence-electron chi connectivity index (χ0n) is 15.6. The van der Waals surface area contributed by atoms with Gasteiger partial charge in [-0.25, -0.2) is 4.98 Å². The highest BCUT2D eigenvalue weighted by molar-refractivity contribution is 5.85. The fourth-order valence-corrected chi connectivity index (χ4v) is 3.49. The number of rotatable bonds is 5. The third-order valence-corrected chi connectivity index (χ3v) is 5.01. The summed E-state index contributed by atoms with van der Waals surface area (Å²) in [6.07, 6.45) is 6.17. The number of carbonyl (C=O) groups excluding carboxylic acids is 1. The van der Waals surface area contributed by atoms with Crippen LogP contribution in [0.3, 0.4) is 0 Å². The van der Waals surface area contributed by atoms with Crippen LogP contribution in [-0.2, 0) is 11.3 Å². The van der Waals surface area contributed by atoms with E-state index < -0.39 is 0 Å². The number of nitrogens with zero attached hydrogens (tertiary/aromatic N) is 4. The predicted octanol–water partition coefficient (Wildman–Crippen LogP) is 3.54. The standard InChI is InChI=1S/C22H20N4O2/c1-25-9-7-20(22(25)27)17-3-2-4-19(12-17)28-21-11-16(5-6-18(21)13-23)14-26-10-8-24-15-26/h2-6,8,10-12,15,20H,7,9,14H2,1H3. The van der Waals surface area contributed by atoms with Crippen LogP contribution in [0.2, 0.25) is 0 Å². The molecule has 3 aromatic rings. The van der Waals surface area contributed by atoms with Crippen LogP contribution in [0.25, 0.3) is 0 Å². The lowest BCUT2D eigenvalue weighted by atomic mass is 9.97. The van der Waals surface area contributed by atoms with E-state index in [2.05, 4.69) is 11.1 Å². The number of nitriles is 1. The van der Waals surface area contributed by atoms with Crippen LogP contribution in [0.4, 0.5) is 0 Å². The Labute approximate surface area is 163 Å². The van der Waals surface area contributed by atoms with E-state index in [0.717, 1.165) is 24.1 Å². The summed E-state index contributed by atoms with van der Waals surface area (Å²) in [6.45, 7) is 1.41. The number of hydrogen-bond acceptors (Lipinski definition) is 4. The lowest BCUT2D eigenvalue weighted by Gasteiger charge is -2.13. The number of imidazole rings is 1.